The van der Waals surface area contributed by atoms with Gasteiger partial charge in [-0.05, 0) is 30.0 Å². The molecular weight excluding hydrogens is 344 g/mol. The third kappa shape index (κ3) is 3.58. The summed E-state index contributed by atoms with van der Waals surface area (Å²) in [4.78, 5) is 30.3. The summed E-state index contributed by atoms with van der Waals surface area (Å²) in [5.74, 6) is -0.368. The number of carbonyl (C=O) groups excluding carboxylic acids is 2. The summed E-state index contributed by atoms with van der Waals surface area (Å²) in [5, 5.41) is 1.93. The minimum atomic E-state index is -0.193. The number of thiophene rings is 1. The molecule has 0 N–H and O–H groups in total. The van der Waals surface area contributed by atoms with Crippen molar-refractivity contribution in [2.45, 2.75) is 32.6 Å². The Kier molecular flexibility index (Phi) is 5.89. The molecule has 3 rings (SSSR count). The fourth-order valence-corrected chi connectivity index (χ4v) is 3.96. The molecule has 2 amide bonds. The average molecular weight is 369 g/mol. The Morgan fingerprint density at radius 1 is 0.962 bits per heavy atom. The smallest absolute Gasteiger partial charge is 0.278 e. The first-order valence-corrected chi connectivity index (χ1v) is 9.96. The molecule has 136 valence electrons. The van der Waals surface area contributed by atoms with Crippen molar-refractivity contribution in [3.63, 3.8) is 0 Å². The first-order valence-electron chi connectivity index (χ1n) is 9.08. The Morgan fingerprint density at radius 2 is 1.73 bits per heavy atom. The molecule has 1 aliphatic heterocycles. The van der Waals surface area contributed by atoms with E-state index < -0.39 is 0 Å². The summed E-state index contributed by atoms with van der Waals surface area (Å²) >= 11 is 1.49. The Morgan fingerprint density at radius 3 is 2.38 bits per heavy atom. The molecule has 0 unspecified atom stereocenters. The number of anilines is 1. The molecular formula is C21H24N2O2S. The molecule has 1 aromatic heterocycles. The van der Waals surface area contributed by atoms with Crippen LogP contribution in [0.1, 0.15) is 37.5 Å². The van der Waals surface area contributed by atoms with E-state index in [4.69, 9.17) is 0 Å². The van der Waals surface area contributed by atoms with Gasteiger partial charge in [0, 0.05) is 24.2 Å². The van der Waals surface area contributed by atoms with Crippen molar-refractivity contribution in [3.8, 4) is 0 Å². The highest BCUT2D eigenvalue weighted by molar-refractivity contribution is 7.11. The van der Waals surface area contributed by atoms with Gasteiger partial charge in [-0.3, -0.25) is 14.5 Å². The molecule has 0 bridgehead atoms. The minimum Gasteiger partial charge on any atom is -0.339 e. The van der Waals surface area contributed by atoms with Crippen LogP contribution in [-0.2, 0) is 9.59 Å². The number of unbranched alkanes of at least 4 members (excludes halogenated alkanes) is 3. The van der Waals surface area contributed by atoms with Crippen LogP contribution >= 0.6 is 11.3 Å². The first kappa shape index (κ1) is 18.4. The zero-order valence-corrected chi connectivity index (χ0v) is 16.1. The van der Waals surface area contributed by atoms with E-state index in [9.17, 15) is 9.59 Å². The van der Waals surface area contributed by atoms with Crippen molar-refractivity contribution in [2.24, 2.45) is 0 Å². The molecule has 0 fully saturated rings. The highest BCUT2D eigenvalue weighted by Crippen LogP contribution is 2.35. The number of rotatable bonds is 8. The number of carbonyl (C=O) groups is 2. The standard InChI is InChI=1S/C21H24N2O2S/c1-3-4-5-9-14-23-20(24)18(17-13-10-15-26-17)19(21(23)25)22(2)16-11-7-6-8-12-16/h6-8,10-13,15H,3-5,9,14H2,1-2H3. The summed E-state index contributed by atoms with van der Waals surface area (Å²) in [5.41, 5.74) is 1.89. The zero-order chi connectivity index (χ0) is 18.5. The lowest BCUT2D eigenvalue weighted by molar-refractivity contribution is -0.136. The largest absolute Gasteiger partial charge is 0.339 e. The molecule has 5 heteroatoms. The highest BCUT2D eigenvalue weighted by Gasteiger charge is 2.41. The Balaban J connectivity index is 1.93. The maximum Gasteiger partial charge on any atom is 0.278 e. The third-order valence-corrected chi connectivity index (χ3v) is 5.51. The second-order valence-electron chi connectivity index (χ2n) is 6.42. The fraction of sp³-hybridized carbons (Fsp3) is 0.333. The third-order valence-electron chi connectivity index (χ3n) is 4.63. The number of likely N-dealkylation sites (N-methyl/N-ethyl adjacent to an activating group) is 1. The van der Waals surface area contributed by atoms with E-state index in [1.165, 1.54) is 16.2 Å². The van der Waals surface area contributed by atoms with Gasteiger partial charge in [-0.2, -0.15) is 0 Å². The molecule has 0 spiro atoms. The van der Waals surface area contributed by atoms with Gasteiger partial charge in [0.25, 0.3) is 11.8 Å². The molecule has 0 aliphatic carbocycles. The van der Waals surface area contributed by atoms with E-state index in [1.54, 1.807) is 0 Å². The van der Waals surface area contributed by atoms with Crippen LogP contribution < -0.4 is 4.90 Å². The van der Waals surface area contributed by atoms with Crippen molar-refractivity contribution >= 4 is 34.4 Å². The number of para-hydroxylation sites is 1. The molecule has 4 nitrogen and oxygen atoms in total. The van der Waals surface area contributed by atoms with E-state index in [2.05, 4.69) is 6.92 Å². The van der Waals surface area contributed by atoms with Crippen molar-refractivity contribution in [1.82, 2.24) is 4.90 Å². The second kappa shape index (κ2) is 8.32. The Labute approximate surface area is 158 Å². The number of hydrogen-bond donors (Lipinski definition) is 0. The lowest BCUT2D eigenvalue weighted by Crippen LogP contribution is -2.35. The van der Waals surface area contributed by atoms with Gasteiger partial charge in [0.2, 0.25) is 0 Å². The highest BCUT2D eigenvalue weighted by atomic mass is 32.1. The van der Waals surface area contributed by atoms with Crippen LogP contribution in [0.15, 0.2) is 53.5 Å². The number of benzene rings is 1. The predicted molar refractivity (Wildman–Crippen MR) is 107 cm³/mol. The lowest BCUT2D eigenvalue weighted by atomic mass is 10.1. The van der Waals surface area contributed by atoms with Crippen LogP contribution in [0.3, 0.4) is 0 Å². The summed E-state index contributed by atoms with van der Waals surface area (Å²) in [6.07, 6.45) is 4.14. The summed E-state index contributed by atoms with van der Waals surface area (Å²) in [7, 11) is 1.85. The topological polar surface area (TPSA) is 40.6 Å². The molecule has 0 saturated heterocycles. The SMILES string of the molecule is CCCCCCN1C(=O)C(c2cccs2)=C(N(C)c2ccccc2)C1=O. The normalized spacial score (nSPS) is 14.5. The molecule has 1 aliphatic rings. The van der Waals surface area contributed by atoms with Crippen LogP contribution in [0.25, 0.3) is 5.57 Å². The van der Waals surface area contributed by atoms with Gasteiger partial charge in [0.15, 0.2) is 0 Å². The van der Waals surface area contributed by atoms with Crippen LogP contribution in [0.4, 0.5) is 5.69 Å². The zero-order valence-electron chi connectivity index (χ0n) is 15.3. The number of hydrogen-bond acceptors (Lipinski definition) is 4. The minimum absolute atomic E-state index is 0.174. The quantitative estimate of drug-likeness (QED) is 0.507. The number of nitrogens with zero attached hydrogens (tertiary/aromatic N) is 2. The van der Waals surface area contributed by atoms with Crippen LogP contribution in [-0.4, -0.2) is 30.3 Å². The molecule has 0 saturated carbocycles. The molecule has 2 aromatic rings. The molecule has 2 heterocycles. The second-order valence-corrected chi connectivity index (χ2v) is 7.37. The molecule has 26 heavy (non-hydrogen) atoms. The van der Waals surface area contributed by atoms with E-state index in [0.29, 0.717) is 17.8 Å². The van der Waals surface area contributed by atoms with Gasteiger partial charge in [0.05, 0.1) is 5.57 Å². The monoisotopic (exact) mass is 368 g/mol. The predicted octanol–water partition coefficient (Wildman–Crippen LogP) is 4.54. The average Bonchev–Trinajstić information content (AvgIpc) is 3.26. The molecule has 1 aromatic carbocycles. The molecule has 0 atom stereocenters. The van der Waals surface area contributed by atoms with E-state index in [1.807, 2.05) is 59.8 Å². The van der Waals surface area contributed by atoms with Crippen LogP contribution in [0.2, 0.25) is 0 Å². The van der Waals surface area contributed by atoms with E-state index in [0.717, 1.165) is 36.2 Å². The maximum atomic E-state index is 13.1. The lowest BCUT2D eigenvalue weighted by Gasteiger charge is -2.21. The number of amides is 2. The van der Waals surface area contributed by atoms with Crippen LogP contribution in [0.5, 0.6) is 0 Å². The molecule has 0 radical (unpaired) electrons. The summed E-state index contributed by atoms with van der Waals surface area (Å²) < 4.78 is 0. The van der Waals surface area contributed by atoms with Crippen molar-refractivity contribution < 1.29 is 9.59 Å². The maximum absolute atomic E-state index is 13.1. The van der Waals surface area contributed by atoms with E-state index >= 15 is 0 Å². The van der Waals surface area contributed by atoms with Gasteiger partial charge >= 0.3 is 0 Å². The summed E-state index contributed by atoms with van der Waals surface area (Å²) in [6, 6.07) is 13.5. The van der Waals surface area contributed by atoms with Gasteiger partial charge in [0.1, 0.15) is 5.70 Å². The van der Waals surface area contributed by atoms with Gasteiger partial charge in [-0.25, -0.2) is 0 Å². The van der Waals surface area contributed by atoms with E-state index in [-0.39, 0.29) is 11.8 Å². The first-order chi connectivity index (χ1) is 12.6. The van der Waals surface area contributed by atoms with Crippen molar-refractivity contribution in [1.29, 1.82) is 0 Å². The fourth-order valence-electron chi connectivity index (χ4n) is 3.20. The van der Waals surface area contributed by atoms with Crippen molar-refractivity contribution in [2.75, 3.05) is 18.5 Å². The number of imide groups is 1. The van der Waals surface area contributed by atoms with Gasteiger partial charge in [-0.15, -0.1) is 11.3 Å². The van der Waals surface area contributed by atoms with Gasteiger partial charge in [-0.1, -0.05) is 50.5 Å². The van der Waals surface area contributed by atoms with Crippen molar-refractivity contribution in [3.05, 3.63) is 58.4 Å². The summed E-state index contributed by atoms with van der Waals surface area (Å²) in [6.45, 7) is 2.63. The van der Waals surface area contributed by atoms with Crippen LogP contribution in [0, 0.1) is 0 Å². The van der Waals surface area contributed by atoms with Gasteiger partial charge < -0.3 is 4.90 Å². The Hall–Kier alpha value is -2.40. The Bertz CT molecular complexity index is 797.